The summed E-state index contributed by atoms with van der Waals surface area (Å²) < 4.78 is 0. The minimum atomic E-state index is 0.966. The van der Waals surface area contributed by atoms with Gasteiger partial charge in [0, 0.05) is 22.2 Å². The van der Waals surface area contributed by atoms with Crippen LogP contribution in [0.15, 0.2) is 121 Å². The molecule has 38 heavy (non-hydrogen) atoms. The highest BCUT2D eigenvalue weighted by molar-refractivity contribution is 6.10. The zero-order valence-corrected chi connectivity index (χ0v) is 21.4. The van der Waals surface area contributed by atoms with E-state index in [9.17, 15) is 0 Å². The molecular weight excluding hydrogens is 460 g/mol. The normalized spacial score (nSPS) is 11.4. The summed E-state index contributed by atoms with van der Waals surface area (Å²) in [4.78, 5) is 9.73. The standard InChI is InChI=1S/C36H26N2/c1-23-12-14-28-22-34(33-19-13-24(2)38-36(33)35(28)37-23)27-17-15-26(16-18-27)30-21-20-29(25-8-4-3-5-9-25)31-10-6-7-11-32(30)31/h3-22H,1-2H3. The van der Waals surface area contributed by atoms with Gasteiger partial charge in [-0.1, -0.05) is 103 Å². The van der Waals surface area contributed by atoms with Crippen molar-refractivity contribution in [2.75, 3.05) is 0 Å². The average Bonchev–Trinajstić information content (AvgIpc) is 2.97. The molecule has 0 aliphatic rings. The van der Waals surface area contributed by atoms with Crippen LogP contribution in [-0.4, -0.2) is 9.97 Å². The minimum absolute atomic E-state index is 0.966. The molecule has 2 aromatic heterocycles. The van der Waals surface area contributed by atoms with Crippen LogP contribution in [0.3, 0.4) is 0 Å². The quantitative estimate of drug-likeness (QED) is 0.232. The summed E-state index contributed by atoms with van der Waals surface area (Å²) in [5.41, 5.74) is 11.2. The molecule has 0 spiro atoms. The van der Waals surface area contributed by atoms with Gasteiger partial charge in [-0.2, -0.15) is 0 Å². The summed E-state index contributed by atoms with van der Waals surface area (Å²) in [5.74, 6) is 0. The van der Waals surface area contributed by atoms with Crippen LogP contribution in [0.2, 0.25) is 0 Å². The van der Waals surface area contributed by atoms with E-state index < -0.39 is 0 Å². The molecule has 7 rings (SSSR count). The number of nitrogens with zero attached hydrogens (tertiary/aromatic N) is 2. The second-order valence-electron chi connectivity index (χ2n) is 9.95. The van der Waals surface area contributed by atoms with Crippen LogP contribution in [-0.2, 0) is 0 Å². The average molecular weight is 487 g/mol. The molecule has 7 aromatic rings. The monoisotopic (exact) mass is 486 g/mol. The van der Waals surface area contributed by atoms with Gasteiger partial charge in [-0.25, -0.2) is 0 Å². The summed E-state index contributed by atoms with van der Waals surface area (Å²) in [6.45, 7) is 4.07. The lowest BCUT2D eigenvalue weighted by Crippen LogP contribution is -1.92. The Morgan fingerprint density at radius 1 is 0.395 bits per heavy atom. The van der Waals surface area contributed by atoms with Crippen molar-refractivity contribution >= 4 is 32.6 Å². The van der Waals surface area contributed by atoms with E-state index in [0.29, 0.717) is 0 Å². The molecule has 0 aliphatic heterocycles. The predicted octanol–water partition coefficient (Wildman–Crippen LogP) is 9.55. The van der Waals surface area contributed by atoms with Gasteiger partial charge >= 0.3 is 0 Å². The van der Waals surface area contributed by atoms with Crippen LogP contribution in [0.5, 0.6) is 0 Å². The third kappa shape index (κ3) is 3.74. The lowest BCUT2D eigenvalue weighted by Gasteiger charge is -2.14. The second-order valence-corrected chi connectivity index (χ2v) is 9.95. The first kappa shape index (κ1) is 22.4. The molecule has 0 saturated heterocycles. The van der Waals surface area contributed by atoms with Gasteiger partial charge in [-0.05, 0) is 76.2 Å². The zero-order valence-electron chi connectivity index (χ0n) is 21.4. The molecule has 0 fully saturated rings. The lowest BCUT2D eigenvalue weighted by molar-refractivity contribution is 1.23. The summed E-state index contributed by atoms with van der Waals surface area (Å²) in [7, 11) is 0. The van der Waals surface area contributed by atoms with Crippen molar-refractivity contribution in [1.29, 1.82) is 0 Å². The summed E-state index contributed by atoms with van der Waals surface area (Å²) in [5, 5.41) is 4.78. The van der Waals surface area contributed by atoms with Crippen molar-refractivity contribution in [1.82, 2.24) is 9.97 Å². The molecule has 5 aromatic carbocycles. The van der Waals surface area contributed by atoms with Gasteiger partial charge in [0.1, 0.15) is 0 Å². The van der Waals surface area contributed by atoms with Gasteiger partial charge in [0.2, 0.25) is 0 Å². The first-order valence-corrected chi connectivity index (χ1v) is 13.0. The Bertz CT molecular complexity index is 1970. The maximum atomic E-state index is 4.90. The number of aromatic nitrogens is 2. The fraction of sp³-hybridized carbons (Fsp3) is 0.0556. The van der Waals surface area contributed by atoms with E-state index in [1.165, 1.54) is 44.2 Å². The molecule has 0 atom stereocenters. The number of pyridine rings is 2. The molecule has 0 N–H and O–H groups in total. The predicted molar refractivity (Wildman–Crippen MR) is 160 cm³/mol. The Labute approximate surface area is 222 Å². The molecule has 180 valence electrons. The van der Waals surface area contributed by atoms with Crippen LogP contribution in [0.4, 0.5) is 0 Å². The number of fused-ring (bicyclic) bond motifs is 4. The van der Waals surface area contributed by atoms with Crippen LogP contribution >= 0.6 is 0 Å². The molecule has 2 heteroatoms. The third-order valence-electron chi connectivity index (χ3n) is 7.43. The van der Waals surface area contributed by atoms with Gasteiger partial charge in [0.15, 0.2) is 0 Å². The van der Waals surface area contributed by atoms with Gasteiger partial charge < -0.3 is 0 Å². The largest absolute Gasteiger partial charge is 0.251 e. The van der Waals surface area contributed by atoms with Gasteiger partial charge in [0.25, 0.3) is 0 Å². The maximum absolute atomic E-state index is 4.90. The fourth-order valence-corrected chi connectivity index (χ4v) is 5.55. The Kier molecular flexibility index (Phi) is 5.26. The number of hydrogen-bond donors (Lipinski definition) is 0. The highest BCUT2D eigenvalue weighted by Gasteiger charge is 2.13. The first-order chi connectivity index (χ1) is 18.7. The van der Waals surface area contributed by atoms with E-state index in [-0.39, 0.29) is 0 Å². The Morgan fingerprint density at radius 2 is 0.921 bits per heavy atom. The van der Waals surface area contributed by atoms with E-state index in [1.54, 1.807) is 0 Å². The first-order valence-electron chi connectivity index (χ1n) is 13.0. The summed E-state index contributed by atoms with van der Waals surface area (Å²) in [6, 6.07) is 43.5. The smallest absolute Gasteiger partial charge is 0.0974 e. The van der Waals surface area contributed by atoms with Gasteiger partial charge in [0.05, 0.1) is 11.0 Å². The molecule has 0 radical (unpaired) electrons. The Morgan fingerprint density at radius 3 is 1.58 bits per heavy atom. The Hall–Kier alpha value is -4.82. The maximum Gasteiger partial charge on any atom is 0.0974 e. The minimum Gasteiger partial charge on any atom is -0.251 e. The van der Waals surface area contributed by atoms with Crippen molar-refractivity contribution in [3.8, 4) is 33.4 Å². The van der Waals surface area contributed by atoms with Crippen molar-refractivity contribution in [2.45, 2.75) is 13.8 Å². The van der Waals surface area contributed by atoms with E-state index in [1.807, 2.05) is 13.8 Å². The van der Waals surface area contributed by atoms with Crippen molar-refractivity contribution in [2.24, 2.45) is 0 Å². The molecule has 0 bridgehead atoms. The number of rotatable bonds is 3. The van der Waals surface area contributed by atoms with Crippen LogP contribution < -0.4 is 0 Å². The van der Waals surface area contributed by atoms with E-state index in [2.05, 4.69) is 121 Å². The van der Waals surface area contributed by atoms with Crippen molar-refractivity contribution < 1.29 is 0 Å². The molecule has 0 aliphatic carbocycles. The molecule has 2 heterocycles. The summed E-state index contributed by atoms with van der Waals surface area (Å²) >= 11 is 0. The molecular formula is C36H26N2. The molecule has 2 nitrogen and oxygen atoms in total. The molecule has 0 saturated carbocycles. The second kappa shape index (κ2) is 8.93. The van der Waals surface area contributed by atoms with Gasteiger partial charge in [-0.3, -0.25) is 9.97 Å². The van der Waals surface area contributed by atoms with Crippen LogP contribution in [0.25, 0.3) is 66.0 Å². The highest BCUT2D eigenvalue weighted by atomic mass is 14.8. The molecule has 0 unspecified atom stereocenters. The van der Waals surface area contributed by atoms with Crippen molar-refractivity contribution in [3.63, 3.8) is 0 Å². The van der Waals surface area contributed by atoms with Crippen molar-refractivity contribution in [3.05, 3.63) is 133 Å². The molecule has 0 amide bonds. The number of hydrogen-bond acceptors (Lipinski definition) is 2. The Balaban J connectivity index is 1.37. The highest BCUT2D eigenvalue weighted by Crippen LogP contribution is 2.38. The lowest BCUT2D eigenvalue weighted by atomic mass is 9.91. The zero-order chi connectivity index (χ0) is 25.6. The van der Waals surface area contributed by atoms with E-state index in [0.717, 1.165) is 33.2 Å². The van der Waals surface area contributed by atoms with E-state index in [4.69, 9.17) is 9.97 Å². The topological polar surface area (TPSA) is 25.8 Å². The fourth-order valence-electron chi connectivity index (χ4n) is 5.55. The number of aryl methyl sites for hydroxylation is 2. The SMILES string of the molecule is Cc1ccc2cc(-c3ccc(-c4ccc(-c5ccccc5)c5ccccc45)cc3)c3ccc(C)nc3c2n1. The number of benzene rings is 5. The van der Waals surface area contributed by atoms with Crippen LogP contribution in [0.1, 0.15) is 11.4 Å². The van der Waals surface area contributed by atoms with Gasteiger partial charge in [-0.15, -0.1) is 0 Å². The van der Waals surface area contributed by atoms with E-state index >= 15 is 0 Å². The third-order valence-corrected chi connectivity index (χ3v) is 7.43. The summed E-state index contributed by atoms with van der Waals surface area (Å²) in [6.07, 6.45) is 0. The van der Waals surface area contributed by atoms with Crippen LogP contribution in [0, 0.1) is 13.8 Å².